The molecule has 2 saturated heterocycles. The van der Waals surface area contributed by atoms with Crippen LogP contribution in [0.5, 0.6) is 0 Å². The van der Waals surface area contributed by atoms with E-state index in [0.29, 0.717) is 13.2 Å². The molecule has 2 aliphatic heterocycles. The van der Waals surface area contributed by atoms with E-state index < -0.39 is 5.79 Å². The van der Waals surface area contributed by atoms with Crippen LogP contribution in [-0.2, 0) is 18.9 Å². The number of hydrogen-bond acceptors (Lipinski definition) is 6. The van der Waals surface area contributed by atoms with Gasteiger partial charge in [-0.05, 0) is 0 Å². The van der Waals surface area contributed by atoms with E-state index in [1.54, 1.807) is 0 Å². The van der Waals surface area contributed by atoms with Gasteiger partial charge in [-0.15, -0.1) is 0 Å². The highest BCUT2D eigenvalue weighted by atomic mass is 16.8. The molecule has 6 nitrogen and oxygen atoms in total. The van der Waals surface area contributed by atoms with Crippen LogP contribution in [0.3, 0.4) is 0 Å². The molecule has 0 aromatic rings. The number of hydrogen-bond donors (Lipinski definition) is 2. The van der Waals surface area contributed by atoms with Crippen LogP contribution in [0.15, 0.2) is 0 Å². The van der Waals surface area contributed by atoms with Crippen molar-refractivity contribution < 1.29 is 29.2 Å². The van der Waals surface area contributed by atoms with Crippen molar-refractivity contribution in [1.82, 2.24) is 0 Å². The normalized spacial score (nSPS) is 42.0. The fraction of sp³-hybridized carbons (Fsp3) is 1.00. The second-order valence-electron chi connectivity index (χ2n) is 3.79. The van der Waals surface area contributed by atoms with Crippen LogP contribution in [0, 0.1) is 0 Å². The first kappa shape index (κ1) is 11.3. The minimum Gasteiger partial charge on any atom is -0.394 e. The third-order valence-corrected chi connectivity index (χ3v) is 2.42. The van der Waals surface area contributed by atoms with Crippen molar-refractivity contribution in [1.29, 1.82) is 0 Å². The van der Waals surface area contributed by atoms with Crippen LogP contribution in [0.2, 0.25) is 0 Å². The van der Waals surface area contributed by atoms with E-state index >= 15 is 0 Å². The predicted molar refractivity (Wildman–Crippen MR) is 48.3 cm³/mol. The Morgan fingerprint density at radius 3 is 1.80 bits per heavy atom. The molecule has 88 valence electrons. The van der Waals surface area contributed by atoms with E-state index in [4.69, 9.17) is 29.2 Å². The minimum absolute atomic E-state index is 0.116. The first-order chi connectivity index (χ1) is 7.28. The minimum atomic E-state index is -0.961. The summed E-state index contributed by atoms with van der Waals surface area (Å²) in [6.45, 7) is 1.00. The van der Waals surface area contributed by atoms with Crippen molar-refractivity contribution in [3.05, 3.63) is 0 Å². The molecule has 0 bridgehead atoms. The number of aliphatic hydroxyl groups excluding tert-OH is 2. The maximum atomic E-state index is 8.98. The Kier molecular flexibility index (Phi) is 3.55. The van der Waals surface area contributed by atoms with Gasteiger partial charge in [-0.25, -0.2) is 0 Å². The summed E-state index contributed by atoms with van der Waals surface area (Å²) < 4.78 is 21.7. The molecule has 0 radical (unpaired) electrons. The summed E-state index contributed by atoms with van der Waals surface area (Å²) in [5.41, 5.74) is 0. The van der Waals surface area contributed by atoms with Gasteiger partial charge in [-0.3, -0.25) is 0 Å². The van der Waals surface area contributed by atoms with Gasteiger partial charge in [0, 0.05) is 0 Å². The van der Waals surface area contributed by atoms with Crippen molar-refractivity contribution in [2.75, 3.05) is 39.6 Å². The highest BCUT2D eigenvalue weighted by Crippen LogP contribution is 2.26. The van der Waals surface area contributed by atoms with E-state index in [2.05, 4.69) is 0 Å². The van der Waals surface area contributed by atoms with E-state index in [9.17, 15) is 0 Å². The van der Waals surface area contributed by atoms with E-state index in [1.165, 1.54) is 0 Å². The molecule has 1 spiro atoms. The van der Waals surface area contributed by atoms with Gasteiger partial charge in [0.1, 0.15) is 25.4 Å². The molecule has 0 aliphatic carbocycles. The highest BCUT2D eigenvalue weighted by Gasteiger charge is 2.44. The van der Waals surface area contributed by atoms with Crippen molar-refractivity contribution in [3.63, 3.8) is 0 Å². The van der Waals surface area contributed by atoms with Crippen molar-refractivity contribution in [2.24, 2.45) is 0 Å². The maximum absolute atomic E-state index is 8.98. The van der Waals surface area contributed by atoms with Crippen LogP contribution in [0.1, 0.15) is 0 Å². The molecule has 15 heavy (non-hydrogen) atoms. The van der Waals surface area contributed by atoms with E-state index in [-0.39, 0.29) is 38.6 Å². The lowest BCUT2D eigenvalue weighted by molar-refractivity contribution is -0.374. The summed E-state index contributed by atoms with van der Waals surface area (Å²) in [6.07, 6.45) is -0.778. The van der Waals surface area contributed by atoms with Gasteiger partial charge in [0.25, 0.3) is 0 Å². The van der Waals surface area contributed by atoms with Crippen LogP contribution >= 0.6 is 0 Å². The average molecular weight is 220 g/mol. The molecule has 2 N–H and O–H groups in total. The zero-order valence-corrected chi connectivity index (χ0v) is 8.42. The third-order valence-electron chi connectivity index (χ3n) is 2.42. The Bertz CT molecular complexity index is 187. The number of ether oxygens (including phenoxy) is 4. The van der Waals surface area contributed by atoms with Gasteiger partial charge >= 0.3 is 0 Å². The first-order valence-corrected chi connectivity index (χ1v) is 5.01. The van der Waals surface area contributed by atoms with Crippen LogP contribution < -0.4 is 0 Å². The Balaban J connectivity index is 1.98. The lowest BCUT2D eigenvalue weighted by atomic mass is 10.2. The molecule has 2 heterocycles. The number of aliphatic hydroxyl groups is 2. The van der Waals surface area contributed by atoms with E-state index in [0.717, 1.165) is 0 Å². The maximum Gasteiger partial charge on any atom is 0.216 e. The lowest BCUT2D eigenvalue weighted by Gasteiger charge is -2.44. The van der Waals surface area contributed by atoms with Gasteiger partial charge in [-0.2, -0.15) is 0 Å². The average Bonchev–Trinajstić information content (AvgIpc) is 2.29. The predicted octanol–water partition coefficient (Wildman–Crippen LogP) is -1.50. The first-order valence-electron chi connectivity index (χ1n) is 5.01. The monoisotopic (exact) mass is 220 g/mol. The molecule has 0 saturated carbocycles. The largest absolute Gasteiger partial charge is 0.394 e. The molecule has 2 aliphatic rings. The molecular weight excluding hydrogens is 204 g/mol. The molecule has 0 amide bonds. The fourth-order valence-electron chi connectivity index (χ4n) is 1.75. The zero-order chi connectivity index (χ0) is 10.7. The summed E-state index contributed by atoms with van der Waals surface area (Å²) in [5, 5.41) is 18.0. The smallest absolute Gasteiger partial charge is 0.216 e. The quantitative estimate of drug-likeness (QED) is 0.589. The third kappa shape index (κ3) is 2.47. The Hall–Kier alpha value is -0.240. The Labute approximate surface area is 87.7 Å². The zero-order valence-electron chi connectivity index (χ0n) is 8.42. The van der Waals surface area contributed by atoms with Crippen LogP contribution in [0.4, 0.5) is 0 Å². The molecule has 0 aromatic heterocycles. The van der Waals surface area contributed by atoms with Gasteiger partial charge in [0.2, 0.25) is 5.79 Å². The highest BCUT2D eigenvalue weighted by molar-refractivity contribution is 4.81. The number of rotatable bonds is 2. The fourth-order valence-corrected chi connectivity index (χ4v) is 1.75. The van der Waals surface area contributed by atoms with Gasteiger partial charge in [-0.1, -0.05) is 0 Å². The van der Waals surface area contributed by atoms with Crippen molar-refractivity contribution in [3.8, 4) is 0 Å². The molecule has 2 unspecified atom stereocenters. The second kappa shape index (κ2) is 4.73. The molecular formula is C9H16O6. The Morgan fingerprint density at radius 1 is 0.933 bits per heavy atom. The van der Waals surface area contributed by atoms with Gasteiger partial charge < -0.3 is 29.2 Å². The standard InChI is InChI=1S/C9H16O6/c10-1-7-3-12-5-9(14-7)6-13-4-8(2-11)15-9/h7-8,10-11H,1-6H2. The van der Waals surface area contributed by atoms with Crippen molar-refractivity contribution in [2.45, 2.75) is 18.0 Å². The Morgan fingerprint density at radius 2 is 1.40 bits per heavy atom. The van der Waals surface area contributed by atoms with Gasteiger partial charge in [0.05, 0.1) is 26.4 Å². The molecule has 0 aromatic carbocycles. The van der Waals surface area contributed by atoms with E-state index in [1.807, 2.05) is 0 Å². The van der Waals surface area contributed by atoms with Crippen LogP contribution in [-0.4, -0.2) is 67.8 Å². The van der Waals surface area contributed by atoms with Crippen LogP contribution in [0.25, 0.3) is 0 Å². The molecule has 6 heteroatoms. The lowest BCUT2D eigenvalue weighted by Crippen LogP contribution is -2.58. The topological polar surface area (TPSA) is 77.4 Å². The summed E-state index contributed by atoms with van der Waals surface area (Å²) in [4.78, 5) is 0. The summed E-state index contributed by atoms with van der Waals surface area (Å²) in [7, 11) is 0. The van der Waals surface area contributed by atoms with Crippen molar-refractivity contribution >= 4 is 0 Å². The molecule has 2 atom stereocenters. The summed E-state index contributed by atoms with van der Waals surface area (Å²) in [5.74, 6) is -0.961. The summed E-state index contributed by atoms with van der Waals surface area (Å²) >= 11 is 0. The molecule has 2 rings (SSSR count). The SMILES string of the molecule is OCC1COCC2(COCC(CO)O2)O1. The second-order valence-corrected chi connectivity index (χ2v) is 3.79. The van der Waals surface area contributed by atoms with Gasteiger partial charge in [0.15, 0.2) is 0 Å². The molecule has 2 fully saturated rings. The summed E-state index contributed by atoms with van der Waals surface area (Å²) in [6, 6.07) is 0.